The number of ether oxygens (including phenoxy) is 1. The number of nitrogens with zero attached hydrogens (tertiary/aromatic N) is 6. The summed E-state index contributed by atoms with van der Waals surface area (Å²) in [5, 5.41) is 7.39. The first-order chi connectivity index (χ1) is 16.1. The van der Waals surface area contributed by atoms with Gasteiger partial charge in [0, 0.05) is 29.7 Å². The SMILES string of the molecule is COc1ccc(NC(=O)c2cc(-c3ccc4nccnc4c3)n(-c3cccc(C)n3)n2)cn1. The van der Waals surface area contributed by atoms with E-state index in [1.54, 1.807) is 35.3 Å². The number of amides is 1. The van der Waals surface area contributed by atoms with Crippen molar-refractivity contribution in [1.82, 2.24) is 29.7 Å². The maximum Gasteiger partial charge on any atom is 0.276 e. The fraction of sp³-hybridized carbons (Fsp3) is 0.0833. The van der Waals surface area contributed by atoms with Gasteiger partial charge < -0.3 is 10.1 Å². The van der Waals surface area contributed by atoms with E-state index in [2.05, 4.69) is 30.4 Å². The quantitative estimate of drug-likeness (QED) is 0.445. The zero-order valence-corrected chi connectivity index (χ0v) is 17.9. The highest BCUT2D eigenvalue weighted by molar-refractivity contribution is 6.03. The monoisotopic (exact) mass is 437 g/mol. The van der Waals surface area contributed by atoms with Gasteiger partial charge in [0.1, 0.15) is 0 Å². The van der Waals surface area contributed by atoms with Crippen LogP contribution in [0.4, 0.5) is 5.69 Å². The topological polar surface area (TPSA) is 108 Å². The van der Waals surface area contributed by atoms with Gasteiger partial charge in [0.15, 0.2) is 11.5 Å². The van der Waals surface area contributed by atoms with Crippen LogP contribution >= 0.6 is 0 Å². The predicted octanol–water partition coefficient (Wildman–Crippen LogP) is 3.84. The first-order valence-electron chi connectivity index (χ1n) is 10.2. The number of nitrogens with one attached hydrogen (secondary N) is 1. The van der Waals surface area contributed by atoms with Gasteiger partial charge in [-0.2, -0.15) is 5.10 Å². The molecule has 0 saturated heterocycles. The van der Waals surface area contributed by atoms with E-state index in [0.717, 1.165) is 22.3 Å². The Labute approximate surface area is 189 Å². The molecule has 4 aromatic heterocycles. The van der Waals surface area contributed by atoms with E-state index in [0.29, 0.717) is 23.1 Å². The van der Waals surface area contributed by atoms with Crippen LogP contribution in [0.25, 0.3) is 28.1 Å². The number of hydrogen-bond donors (Lipinski definition) is 1. The lowest BCUT2D eigenvalue weighted by Crippen LogP contribution is -2.13. The van der Waals surface area contributed by atoms with Crippen LogP contribution in [0.5, 0.6) is 5.88 Å². The molecular formula is C24H19N7O2. The smallest absolute Gasteiger partial charge is 0.276 e. The molecule has 9 nitrogen and oxygen atoms in total. The Kier molecular flexibility index (Phi) is 5.19. The van der Waals surface area contributed by atoms with Crippen molar-refractivity contribution in [2.75, 3.05) is 12.4 Å². The molecule has 0 aliphatic rings. The van der Waals surface area contributed by atoms with Crippen molar-refractivity contribution in [2.45, 2.75) is 6.92 Å². The Morgan fingerprint density at radius 3 is 2.58 bits per heavy atom. The summed E-state index contributed by atoms with van der Waals surface area (Å²) in [6, 6.07) is 16.5. The van der Waals surface area contributed by atoms with Gasteiger partial charge in [0.2, 0.25) is 5.88 Å². The largest absolute Gasteiger partial charge is 0.481 e. The molecule has 5 rings (SSSR count). The Morgan fingerprint density at radius 1 is 0.970 bits per heavy atom. The third-order valence-electron chi connectivity index (χ3n) is 5.00. The standard InChI is InChI=1S/C24H19N7O2/c1-15-4-3-5-22(28-15)31-21(16-6-8-18-19(12-16)26-11-10-25-18)13-20(30-31)24(32)29-17-7-9-23(33-2)27-14-17/h3-14H,1-2H3,(H,29,32). The van der Waals surface area contributed by atoms with E-state index in [-0.39, 0.29) is 11.6 Å². The van der Waals surface area contributed by atoms with Crippen molar-refractivity contribution < 1.29 is 9.53 Å². The first-order valence-corrected chi connectivity index (χ1v) is 10.2. The van der Waals surface area contributed by atoms with Crippen molar-refractivity contribution in [3.8, 4) is 23.0 Å². The van der Waals surface area contributed by atoms with Crippen molar-refractivity contribution in [3.05, 3.63) is 84.6 Å². The van der Waals surface area contributed by atoms with Gasteiger partial charge >= 0.3 is 0 Å². The molecule has 1 amide bonds. The molecule has 9 heteroatoms. The Morgan fingerprint density at radius 2 is 1.82 bits per heavy atom. The van der Waals surface area contributed by atoms with Crippen molar-refractivity contribution in [2.24, 2.45) is 0 Å². The lowest BCUT2D eigenvalue weighted by molar-refractivity contribution is 0.102. The molecule has 0 aliphatic carbocycles. The normalized spacial score (nSPS) is 10.8. The number of hydrogen-bond acceptors (Lipinski definition) is 7. The Balaban J connectivity index is 1.57. The minimum absolute atomic E-state index is 0.239. The molecule has 5 aromatic rings. The van der Waals surface area contributed by atoms with E-state index in [1.807, 2.05) is 43.3 Å². The molecule has 0 fully saturated rings. The molecule has 0 atom stereocenters. The summed E-state index contributed by atoms with van der Waals surface area (Å²) in [6.07, 6.45) is 4.82. The van der Waals surface area contributed by atoms with Gasteiger partial charge in [-0.15, -0.1) is 0 Å². The van der Waals surface area contributed by atoms with E-state index in [9.17, 15) is 4.79 Å². The van der Waals surface area contributed by atoms with E-state index >= 15 is 0 Å². The van der Waals surface area contributed by atoms with E-state index < -0.39 is 0 Å². The van der Waals surface area contributed by atoms with Gasteiger partial charge in [0.05, 0.1) is 35.7 Å². The Bertz CT molecular complexity index is 1460. The van der Waals surface area contributed by atoms with Crippen LogP contribution in [0.1, 0.15) is 16.2 Å². The molecule has 162 valence electrons. The number of anilines is 1. The van der Waals surface area contributed by atoms with Crippen LogP contribution in [0.3, 0.4) is 0 Å². The third-order valence-corrected chi connectivity index (χ3v) is 5.00. The third kappa shape index (κ3) is 4.11. The second kappa shape index (κ2) is 8.46. The number of pyridine rings is 2. The summed E-state index contributed by atoms with van der Waals surface area (Å²) >= 11 is 0. The lowest BCUT2D eigenvalue weighted by atomic mass is 10.1. The molecule has 0 spiro atoms. The summed E-state index contributed by atoms with van der Waals surface area (Å²) in [5.74, 6) is 0.703. The van der Waals surface area contributed by atoms with Crippen LogP contribution in [0.15, 0.2) is 73.2 Å². The summed E-state index contributed by atoms with van der Waals surface area (Å²) in [5.41, 5.74) is 4.69. The van der Waals surface area contributed by atoms with Crippen molar-refractivity contribution in [1.29, 1.82) is 0 Å². The summed E-state index contributed by atoms with van der Waals surface area (Å²) in [7, 11) is 1.53. The van der Waals surface area contributed by atoms with E-state index in [1.165, 1.54) is 13.3 Å². The van der Waals surface area contributed by atoms with Crippen LogP contribution in [0, 0.1) is 6.92 Å². The zero-order valence-electron chi connectivity index (χ0n) is 17.9. The van der Waals surface area contributed by atoms with Gasteiger partial charge in [-0.1, -0.05) is 12.1 Å². The summed E-state index contributed by atoms with van der Waals surface area (Å²) in [6.45, 7) is 1.91. The molecule has 0 aliphatic heterocycles. The van der Waals surface area contributed by atoms with Crippen LogP contribution in [-0.4, -0.2) is 42.7 Å². The number of rotatable bonds is 5. The molecule has 0 radical (unpaired) electrons. The average Bonchev–Trinajstić information content (AvgIpc) is 3.30. The maximum atomic E-state index is 13.0. The number of carbonyl (C=O) groups excluding carboxylic acids is 1. The van der Waals surface area contributed by atoms with Gasteiger partial charge in [-0.3, -0.25) is 14.8 Å². The molecule has 1 N–H and O–H groups in total. The highest BCUT2D eigenvalue weighted by Gasteiger charge is 2.18. The fourth-order valence-electron chi connectivity index (χ4n) is 3.41. The highest BCUT2D eigenvalue weighted by Crippen LogP contribution is 2.26. The van der Waals surface area contributed by atoms with E-state index in [4.69, 9.17) is 4.74 Å². The molecule has 0 unspecified atom stereocenters. The number of methoxy groups -OCH3 is 1. The maximum absolute atomic E-state index is 13.0. The summed E-state index contributed by atoms with van der Waals surface area (Å²) in [4.78, 5) is 30.4. The van der Waals surface area contributed by atoms with Crippen LogP contribution in [-0.2, 0) is 0 Å². The number of fused-ring (bicyclic) bond motifs is 1. The second-order valence-corrected chi connectivity index (χ2v) is 7.27. The second-order valence-electron chi connectivity index (χ2n) is 7.27. The molecule has 4 heterocycles. The number of carbonyl (C=O) groups is 1. The van der Waals surface area contributed by atoms with Crippen LogP contribution in [0.2, 0.25) is 0 Å². The molecule has 33 heavy (non-hydrogen) atoms. The van der Waals surface area contributed by atoms with Crippen molar-refractivity contribution in [3.63, 3.8) is 0 Å². The Hall–Kier alpha value is -4.66. The fourth-order valence-corrected chi connectivity index (χ4v) is 3.41. The highest BCUT2D eigenvalue weighted by atomic mass is 16.5. The van der Waals surface area contributed by atoms with Crippen LogP contribution < -0.4 is 10.1 Å². The minimum atomic E-state index is -0.366. The van der Waals surface area contributed by atoms with Gasteiger partial charge in [-0.25, -0.2) is 14.6 Å². The predicted molar refractivity (Wildman–Crippen MR) is 123 cm³/mol. The number of aromatic nitrogens is 6. The summed E-state index contributed by atoms with van der Waals surface area (Å²) < 4.78 is 6.72. The number of aryl methyl sites for hydroxylation is 1. The molecule has 0 saturated carbocycles. The van der Waals surface area contributed by atoms with Gasteiger partial charge in [0.25, 0.3) is 5.91 Å². The average molecular weight is 437 g/mol. The minimum Gasteiger partial charge on any atom is -0.481 e. The van der Waals surface area contributed by atoms with Gasteiger partial charge in [-0.05, 0) is 43.3 Å². The zero-order chi connectivity index (χ0) is 22.8. The first kappa shape index (κ1) is 20.3. The van der Waals surface area contributed by atoms with Crippen molar-refractivity contribution >= 4 is 22.6 Å². The molecule has 0 bridgehead atoms. The number of benzene rings is 1. The molecule has 1 aromatic carbocycles. The molecular weight excluding hydrogens is 418 g/mol. The lowest BCUT2D eigenvalue weighted by Gasteiger charge is -2.08.